The van der Waals surface area contributed by atoms with Gasteiger partial charge in [-0.3, -0.25) is 0 Å². The molecule has 2 aromatic rings. The third-order valence-electron chi connectivity index (χ3n) is 5.14. The molecule has 2 bridgehead atoms. The van der Waals surface area contributed by atoms with Crippen LogP contribution in [0.1, 0.15) is 31.2 Å². The molecule has 2 aliphatic rings. The zero-order chi connectivity index (χ0) is 14.4. The lowest BCUT2D eigenvalue weighted by molar-refractivity contribution is 0.413. The van der Waals surface area contributed by atoms with Gasteiger partial charge in [0.15, 0.2) is 0 Å². The highest BCUT2D eigenvalue weighted by Gasteiger charge is 2.35. The molecule has 1 heterocycles. The van der Waals surface area contributed by atoms with Crippen molar-refractivity contribution in [3.05, 3.63) is 40.8 Å². The zero-order valence-corrected chi connectivity index (χ0v) is 15.0. The van der Waals surface area contributed by atoms with Crippen molar-refractivity contribution in [2.75, 3.05) is 20.6 Å². The second-order valence-corrected chi connectivity index (χ2v) is 7.96. The van der Waals surface area contributed by atoms with E-state index in [4.69, 9.17) is 0 Å². The van der Waals surface area contributed by atoms with Crippen LogP contribution >= 0.6 is 23.7 Å². The van der Waals surface area contributed by atoms with Gasteiger partial charge >= 0.3 is 0 Å². The average molecular weight is 334 g/mol. The fourth-order valence-corrected chi connectivity index (χ4v) is 5.19. The number of allylic oxidation sites excluding steroid dienone is 1. The molecule has 1 aromatic heterocycles. The van der Waals surface area contributed by atoms with Crippen molar-refractivity contribution in [2.24, 2.45) is 11.8 Å². The minimum Gasteiger partial charge on any atom is -0.305 e. The first kappa shape index (κ1) is 16.0. The molecule has 1 fully saturated rings. The summed E-state index contributed by atoms with van der Waals surface area (Å²) in [4.78, 5) is 2.34. The number of likely N-dealkylation sites (N-methyl/N-ethyl adjacent to an activating group) is 1. The van der Waals surface area contributed by atoms with E-state index >= 15 is 0 Å². The number of nitrogens with zero attached hydrogens (tertiary/aromatic N) is 1. The molecule has 0 amide bonds. The van der Waals surface area contributed by atoms with Crippen LogP contribution in [0.15, 0.2) is 35.2 Å². The van der Waals surface area contributed by atoms with Crippen molar-refractivity contribution < 1.29 is 0 Å². The Hall–Kier alpha value is -0.830. The molecule has 2 atom stereocenters. The summed E-state index contributed by atoms with van der Waals surface area (Å²) >= 11 is 1.87. The van der Waals surface area contributed by atoms with E-state index in [1.807, 2.05) is 11.3 Å². The summed E-state index contributed by atoms with van der Waals surface area (Å²) in [5, 5.41) is 3.59. The molecule has 22 heavy (non-hydrogen) atoms. The van der Waals surface area contributed by atoms with Crippen molar-refractivity contribution >= 4 is 39.4 Å². The number of rotatable bonds is 3. The Morgan fingerprint density at radius 1 is 1.18 bits per heavy atom. The van der Waals surface area contributed by atoms with Crippen LogP contribution in [0.5, 0.6) is 0 Å². The van der Waals surface area contributed by atoms with Crippen LogP contribution < -0.4 is 0 Å². The van der Waals surface area contributed by atoms with Gasteiger partial charge in [0.05, 0.1) is 0 Å². The monoisotopic (exact) mass is 333 g/mol. The Bertz CT molecular complexity index is 700. The summed E-state index contributed by atoms with van der Waals surface area (Å²) in [5.74, 6) is 1.77. The Labute approximate surface area is 143 Å². The van der Waals surface area contributed by atoms with Crippen LogP contribution in [0.3, 0.4) is 0 Å². The fourth-order valence-electron chi connectivity index (χ4n) is 4.36. The lowest BCUT2D eigenvalue weighted by Gasteiger charge is -2.29. The molecule has 0 spiro atoms. The Morgan fingerprint density at radius 3 is 2.86 bits per heavy atom. The first-order valence-corrected chi connectivity index (χ1v) is 8.93. The van der Waals surface area contributed by atoms with Gasteiger partial charge in [-0.05, 0) is 85.7 Å². The Kier molecular flexibility index (Phi) is 4.63. The summed E-state index contributed by atoms with van der Waals surface area (Å²) in [5.41, 5.74) is 4.88. The van der Waals surface area contributed by atoms with Crippen molar-refractivity contribution in [3.63, 3.8) is 0 Å². The van der Waals surface area contributed by atoms with E-state index in [0.29, 0.717) is 0 Å². The SMILES string of the molecule is CN(C)CC1=C(c2ccc3ccsc3c2)C2CCC(C1)C2.Cl. The normalized spacial score (nSPS) is 24.1. The highest BCUT2D eigenvalue weighted by molar-refractivity contribution is 7.17. The van der Waals surface area contributed by atoms with E-state index in [1.54, 1.807) is 11.1 Å². The number of fused-ring (bicyclic) bond motifs is 3. The lowest BCUT2D eigenvalue weighted by Crippen LogP contribution is -2.21. The highest BCUT2D eigenvalue weighted by atomic mass is 35.5. The second kappa shape index (κ2) is 6.35. The molecular formula is C19H24ClNS. The molecule has 118 valence electrons. The standard InChI is InChI=1S/C19H23NS.ClH/c1-20(2)12-17-10-13-3-4-15(9-13)19(17)16-6-5-14-7-8-21-18(14)11-16;/h5-8,11,13,15H,3-4,9-10,12H2,1-2H3;1H. The van der Waals surface area contributed by atoms with Gasteiger partial charge in [-0.2, -0.15) is 0 Å². The molecule has 4 rings (SSSR count). The molecule has 1 aromatic carbocycles. The van der Waals surface area contributed by atoms with Gasteiger partial charge in [0, 0.05) is 11.2 Å². The van der Waals surface area contributed by atoms with Gasteiger partial charge in [-0.25, -0.2) is 0 Å². The van der Waals surface area contributed by atoms with Crippen LogP contribution in [-0.2, 0) is 0 Å². The van der Waals surface area contributed by atoms with Crippen LogP contribution in [0.25, 0.3) is 15.7 Å². The third kappa shape index (κ3) is 2.84. The molecular weight excluding hydrogens is 310 g/mol. The number of benzene rings is 1. The van der Waals surface area contributed by atoms with Gasteiger partial charge in [0.25, 0.3) is 0 Å². The Balaban J connectivity index is 0.00000144. The minimum atomic E-state index is 0. The first-order valence-electron chi connectivity index (χ1n) is 8.05. The lowest BCUT2D eigenvalue weighted by atomic mass is 9.79. The maximum Gasteiger partial charge on any atom is 0.0348 e. The maximum absolute atomic E-state index is 2.43. The average Bonchev–Trinajstić information content (AvgIpc) is 3.05. The summed E-state index contributed by atoms with van der Waals surface area (Å²) in [6, 6.07) is 9.33. The number of halogens is 1. The van der Waals surface area contributed by atoms with Crippen molar-refractivity contribution in [1.82, 2.24) is 4.90 Å². The number of thiophene rings is 1. The maximum atomic E-state index is 2.43. The number of hydrogen-bond donors (Lipinski definition) is 0. The van der Waals surface area contributed by atoms with Gasteiger partial charge in [-0.15, -0.1) is 23.7 Å². The van der Waals surface area contributed by atoms with Gasteiger partial charge < -0.3 is 4.90 Å². The topological polar surface area (TPSA) is 3.24 Å². The predicted molar refractivity (Wildman–Crippen MR) is 100.0 cm³/mol. The van der Waals surface area contributed by atoms with E-state index < -0.39 is 0 Å². The summed E-state index contributed by atoms with van der Waals surface area (Å²) in [7, 11) is 4.40. The fraction of sp³-hybridized carbons (Fsp3) is 0.474. The molecule has 3 heteroatoms. The van der Waals surface area contributed by atoms with Crippen molar-refractivity contribution in [2.45, 2.75) is 25.7 Å². The van der Waals surface area contributed by atoms with Crippen molar-refractivity contribution in [3.8, 4) is 0 Å². The predicted octanol–water partition coefficient (Wildman–Crippen LogP) is 5.46. The smallest absolute Gasteiger partial charge is 0.0348 e. The van der Waals surface area contributed by atoms with Gasteiger partial charge in [0.1, 0.15) is 0 Å². The molecule has 0 N–H and O–H groups in total. The van der Waals surface area contributed by atoms with Gasteiger partial charge in [0.2, 0.25) is 0 Å². The molecule has 1 saturated carbocycles. The highest BCUT2D eigenvalue weighted by Crippen LogP contribution is 2.49. The number of hydrogen-bond acceptors (Lipinski definition) is 2. The molecule has 0 aliphatic heterocycles. The second-order valence-electron chi connectivity index (χ2n) is 7.01. The van der Waals surface area contributed by atoms with E-state index in [0.717, 1.165) is 18.4 Å². The van der Waals surface area contributed by atoms with Crippen molar-refractivity contribution in [1.29, 1.82) is 0 Å². The van der Waals surface area contributed by atoms with E-state index in [2.05, 4.69) is 48.6 Å². The van der Waals surface area contributed by atoms with Crippen LogP contribution in [0.4, 0.5) is 0 Å². The van der Waals surface area contributed by atoms with Gasteiger partial charge in [-0.1, -0.05) is 17.7 Å². The molecule has 0 radical (unpaired) electrons. The first-order chi connectivity index (χ1) is 10.2. The largest absolute Gasteiger partial charge is 0.305 e. The van der Waals surface area contributed by atoms with Crippen LogP contribution in [-0.4, -0.2) is 25.5 Å². The van der Waals surface area contributed by atoms with Crippen LogP contribution in [0, 0.1) is 11.8 Å². The summed E-state index contributed by atoms with van der Waals surface area (Å²) in [6.07, 6.45) is 5.59. The molecule has 0 saturated heterocycles. The molecule has 2 unspecified atom stereocenters. The third-order valence-corrected chi connectivity index (χ3v) is 6.02. The van der Waals surface area contributed by atoms with E-state index in [-0.39, 0.29) is 12.4 Å². The summed E-state index contributed by atoms with van der Waals surface area (Å²) in [6.45, 7) is 1.13. The Morgan fingerprint density at radius 2 is 2.05 bits per heavy atom. The van der Waals surface area contributed by atoms with Crippen LogP contribution in [0.2, 0.25) is 0 Å². The quantitative estimate of drug-likeness (QED) is 0.721. The van der Waals surface area contributed by atoms with E-state index in [1.165, 1.54) is 41.3 Å². The van der Waals surface area contributed by atoms with E-state index in [9.17, 15) is 0 Å². The summed E-state index contributed by atoms with van der Waals surface area (Å²) < 4.78 is 1.43. The molecule has 2 aliphatic carbocycles. The molecule has 1 nitrogen and oxygen atoms in total. The zero-order valence-electron chi connectivity index (χ0n) is 13.3. The minimum absolute atomic E-state index is 0.